The third-order valence-electron chi connectivity index (χ3n) is 11.4. The molecule has 0 unspecified atom stereocenters. The molecule has 4 fully saturated rings. The van der Waals surface area contributed by atoms with Crippen LogP contribution in [-0.4, -0.2) is 46.2 Å². The van der Waals surface area contributed by atoms with Gasteiger partial charge in [0.1, 0.15) is 0 Å². The molecule has 190 valence electrons. The van der Waals surface area contributed by atoms with E-state index in [0.717, 1.165) is 51.4 Å². The van der Waals surface area contributed by atoms with Crippen LogP contribution in [0.1, 0.15) is 92.4 Å². The summed E-state index contributed by atoms with van der Waals surface area (Å²) in [6.45, 7) is 11.4. The van der Waals surface area contributed by atoms with Crippen LogP contribution in [0.5, 0.6) is 0 Å². The summed E-state index contributed by atoms with van der Waals surface area (Å²) in [5.41, 5.74) is -0.133. The second-order valence-corrected chi connectivity index (χ2v) is 12.5. The molecular weight excluding hydrogens is 416 g/mol. The summed E-state index contributed by atoms with van der Waals surface area (Å²) in [4.78, 5) is 12.0. The van der Waals surface area contributed by atoms with Gasteiger partial charge in [-0.1, -0.05) is 34.1 Å². The summed E-state index contributed by atoms with van der Waals surface area (Å²) in [5, 5.41) is 33.9. The van der Waals surface area contributed by atoms with Crippen LogP contribution in [0.2, 0.25) is 0 Å². The van der Waals surface area contributed by atoms with E-state index < -0.39 is 0 Å². The molecule has 0 spiro atoms. The van der Waals surface area contributed by atoms with E-state index in [2.05, 4.69) is 27.7 Å². The van der Waals surface area contributed by atoms with Gasteiger partial charge < -0.3 is 20.1 Å². The fourth-order valence-corrected chi connectivity index (χ4v) is 9.67. The smallest absolute Gasteiger partial charge is 0.305 e. The van der Waals surface area contributed by atoms with Crippen molar-refractivity contribution in [3.63, 3.8) is 0 Å². The number of esters is 1. The number of carbonyl (C=O) groups excluding carboxylic acids is 1. The van der Waals surface area contributed by atoms with Crippen LogP contribution in [0.3, 0.4) is 0 Å². The van der Waals surface area contributed by atoms with Gasteiger partial charge in [-0.2, -0.15) is 0 Å². The van der Waals surface area contributed by atoms with E-state index in [1.54, 1.807) is 0 Å². The van der Waals surface area contributed by atoms with Crippen molar-refractivity contribution >= 4 is 5.97 Å². The molecule has 4 rings (SSSR count). The van der Waals surface area contributed by atoms with Gasteiger partial charge in [-0.25, -0.2) is 0 Å². The number of hydrogen-bond donors (Lipinski definition) is 3. The SMILES string of the molecule is CCOC(=O)CC[C@@H](C)[C@H]1CC[C@H]2[C@@H]3[C@H](O)[C@H](CC)[C@@H]4C[C@H](O)CC[C@]4(C)[C@H]3C[C@H](O)[C@]12C. The molecule has 0 aromatic heterocycles. The van der Waals surface area contributed by atoms with Gasteiger partial charge >= 0.3 is 5.97 Å². The van der Waals surface area contributed by atoms with Crippen molar-refractivity contribution in [2.75, 3.05) is 6.61 Å². The largest absolute Gasteiger partial charge is 0.466 e. The fraction of sp³-hybridized carbons (Fsp3) is 0.964. The first-order valence-electron chi connectivity index (χ1n) is 13.8. The Morgan fingerprint density at radius 3 is 2.42 bits per heavy atom. The maximum absolute atomic E-state index is 12.0. The molecule has 0 aromatic rings. The first-order chi connectivity index (χ1) is 15.6. The van der Waals surface area contributed by atoms with Gasteiger partial charge in [0.05, 0.1) is 24.9 Å². The monoisotopic (exact) mass is 464 g/mol. The minimum absolute atomic E-state index is 0.0831. The Kier molecular flexibility index (Phi) is 7.27. The number of hydrogen-bond acceptors (Lipinski definition) is 5. The number of rotatable bonds is 6. The molecule has 33 heavy (non-hydrogen) atoms. The highest BCUT2D eigenvalue weighted by molar-refractivity contribution is 5.69. The molecule has 0 aliphatic heterocycles. The molecule has 0 radical (unpaired) electrons. The Morgan fingerprint density at radius 2 is 1.76 bits per heavy atom. The predicted octanol–water partition coefficient (Wildman–Crippen LogP) is 4.56. The molecule has 5 nitrogen and oxygen atoms in total. The highest BCUT2D eigenvalue weighted by Gasteiger charge is 2.67. The zero-order chi connectivity index (χ0) is 24.1. The average Bonchev–Trinajstić information content (AvgIpc) is 3.13. The van der Waals surface area contributed by atoms with Crippen molar-refractivity contribution < 1.29 is 24.9 Å². The van der Waals surface area contributed by atoms with E-state index in [-0.39, 0.29) is 46.9 Å². The summed E-state index contributed by atoms with van der Waals surface area (Å²) in [6.07, 6.45) is 6.71. The molecule has 4 aliphatic carbocycles. The number of carbonyl (C=O) groups is 1. The van der Waals surface area contributed by atoms with Gasteiger partial charge in [0.2, 0.25) is 0 Å². The van der Waals surface area contributed by atoms with Crippen LogP contribution in [-0.2, 0) is 9.53 Å². The first-order valence-corrected chi connectivity index (χ1v) is 13.8. The number of aliphatic hydroxyl groups excluding tert-OH is 3. The standard InChI is InChI=1S/C28H48O5/c1-6-18-21-14-17(29)12-13-27(21,4)22-15-23(30)28(5)19(9-10-20(28)25(22)26(18)32)16(3)8-11-24(31)33-7-2/h16-23,25-26,29-30,32H,6-15H2,1-5H3/t16-,17-,18-,19-,20+,21+,22+,23+,25+,26-,27+,28-/m1/s1. The molecule has 4 saturated carbocycles. The minimum atomic E-state index is -0.379. The predicted molar refractivity (Wildman–Crippen MR) is 128 cm³/mol. The van der Waals surface area contributed by atoms with Gasteiger partial charge in [-0.3, -0.25) is 4.79 Å². The first kappa shape index (κ1) is 25.4. The van der Waals surface area contributed by atoms with Crippen LogP contribution in [0.4, 0.5) is 0 Å². The summed E-state index contributed by atoms with van der Waals surface area (Å²) in [5.74, 6) is 1.99. The summed E-state index contributed by atoms with van der Waals surface area (Å²) in [7, 11) is 0. The topological polar surface area (TPSA) is 87.0 Å². The summed E-state index contributed by atoms with van der Waals surface area (Å²) >= 11 is 0. The highest BCUT2D eigenvalue weighted by Crippen LogP contribution is 2.69. The Morgan fingerprint density at radius 1 is 1.03 bits per heavy atom. The second-order valence-electron chi connectivity index (χ2n) is 12.5. The number of ether oxygens (including phenoxy) is 1. The lowest BCUT2D eigenvalue weighted by Crippen LogP contribution is -2.65. The lowest BCUT2D eigenvalue weighted by atomic mass is 9.41. The van der Waals surface area contributed by atoms with E-state index in [4.69, 9.17) is 4.74 Å². The minimum Gasteiger partial charge on any atom is -0.466 e. The van der Waals surface area contributed by atoms with Gasteiger partial charge in [-0.15, -0.1) is 0 Å². The molecule has 0 aromatic carbocycles. The van der Waals surface area contributed by atoms with Gasteiger partial charge in [-0.05, 0) is 104 Å². The normalized spacial score (nSPS) is 50.1. The molecule has 0 amide bonds. The number of aliphatic hydroxyl groups is 3. The van der Waals surface area contributed by atoms with Crippen molar-refractivity contribution in [2.24, 2.45) is 52.3 Å². The molecule has 0 heterocycles. The lowest BCUT2D eigenvalue weighted by molar-refractivity contribution is -0.228. The molecule has 12 atom stereocenters. The maximum atomic E-state index is 12.0. The Bertz CT molecular complexity index is 710. The van der Waals surface area contributed by atoms with E-state index in [9.17, 15) is 20.1 Å². The van der Waals surface area contributed by atoms with Crippen molar-refractivity contribution in [1.82, 2.24) is 0 Å². The van der Waals surface area contributed by atoms with Gasteiger partial charge in [0.15, 0.2) is 0 Å². The van der Waals surface area contributed by atoms with Crippen LogP contribution in [0, 0.1) is 52.3 Å². The Hall–Kier alpha value is -0.650. The molecular formula is C28H48O5. The zero-order valence-electron chi connectivity index (χ0n) is 21.5. The summed E-state index contributed by atoms with van der Waals surface area (Å²) < 4.78 is 5.15. The molecule has 0 bridgehead atoms. The second kappa shape index (κ2) is 9.43. The molecule has 0 saturated heterocycles. The average molecular weight is 465 g/mol. The fourth-order valence-electron chi connectivity index (χ4n) is 9.67. The Balaban J connectivity index is 1.60. The number of fused-ring (bicyclic) bond motifs is 5. The Labute approximate surface area is 200 Å². The van der Waals surface area contributed by atoms with Crippen LogP contribution >= 0.6 is 0 Å². The van der Waals surface area contributed by atoms with Crippen molar-refractivity contribution in [3.8, 4) is 0 Å². The van der Waals surface area contributed by atoms with Crippen molar-refractivity contribution in [2.45, 2.75) is 111 Å². The molecule has 4 aliphatic rings. The summed E-state index contributed by atoms with van der Waals surface area (Å²) in [6, 6.07) is 0. The quantitative estimate of drug-likeness (QED) is 0.502. The van der Waals surface area contributed by atoms with E-state index in [1.807, 2.05) is 6.92 Å². The van der Waals surface area contributed by atoms with E-state index in [0.29, 0.717) is 42.6 Å². The van der Waals surface area contributed by atoms with Crippen LogP contribution in [0.15, 0.2) is 0 Å². The molecule has 5 heteroatoms. The van der Waals surface area contributed by atoms with E-state index in [1.165, 1.54) is 0 Å². The van der Waals surface area contributed by atoms with Crippen molar-refractivity contribution in [3.05, 3.63) is 0 Å². The third-order valence-corrected chi connectivity index (χ3v) is 11.4. The van der Waals surface area contributed by atoms with E-state index >= 15 is 0 Å². The highest BCUT2D eigenvalue weighted by atomic mass is 16.5. The molecule has 3 N–H and O–H groups in total. The lowest BCUT2D eigenvalue weighted by Gasteiger charge is -2.65. The van der Waals surface area contributed by atoms with Crippen LogP contribution < -0.4 is 0 Å². The van der Waals surface area contributed by atoms with Crippen LogP contribution in [0.25, 0.3) is 0 Å². The van der Waals surface area contributed by atoms with Gasteiger partial charge in [0, 0.05) is 6.42 Å². The maximum Gasteiger partial charge on any atom is 0.305 e. The van der Waals surface area contributed by atoms with Crippen molar-refractivity contribution in [1.29, 1.82) is 0 Å². The van der Waals surface area contributed by atoms with Gasteiger partial charge in [0.25, 0.3) is 0 Å². The zero-order valence-corrected chi connectivity index (χ0v) is 21.5. The third kappa shape index (κ3) is 3.98.